The zero-order chi connectivity index (χ0) is 16.9. The van der Waals surface area contributed by atoms with Crippen LogP contribution in [0.3, 0.4) is 0 Å². The van der Waals surface area contributed by atoms with Crippen LogP contribution in [-0.2, 0) is 13.1 Å². The molecular formula is C20H18N4O. The molecule has 4 rings (SSSR count). The van der Waals surface area contributed by atoms with Crippen molar-refractivity contribution in [2.75, 3.05) is 10.6 Å². The van der Waals surface area contributed by atoms with Crippen molar-refractivity contribution in [2.24, 2.45) is 0 Å². The van der Waals surface area contributed by atoms with Gasteiger partial charge in [-0.3, -0.25) is 0 Å². The largest absolute Gasteiger partial charge is 0.467 e. The number of aromatic nitrogens is 2. The molecule has 0 saturated heterocycles. The zero-order valence-corrected chi connectivity index (χ0v) is 13.6. The van der Waals surface area contributed by atoms with E-state index in [2.05, 4.69) is 32.7 Å². The summed E-state index contributed by atoms with van der Waals surface area (Å²) in [5, 5.41) is 7.65. The third kappa shape index (κ3) is 3.61. The quantitative estimate of drug-likeness (QED) is 0.547. The molecule has 5 nitrogen and oxygen atoms in total. The second-order valence-electron chi connectivity index (χ2n) is 5.69. The van der Waals surface area contributed by atoms with E-state index in [0.717, 1.165) is 22.5 Å². The minimum Gasteiger partial charge on any atom is -0.467 e. The Labute approximate surface area is 145 Å². The van der Waals surface area contributed by atoms with Crippen LogP contribution in [0.1, 0.15) is 11.3 Å². The van der Waals surface area contributed by atoms with Crippen molar-refractivity contribution in [3.05, 3.63) is 84.3 Å². The molecule has 0 aliphatic rings. The average molecular weight is 330 g/mol. The summed E-state index contributed by atoms with van der Waals surface area (Å²) in [7, 11) is 0. The Morgan fingerprint density at radius 2 is 1.60 bits per heavy atom. The average Bonchev–Trinajstić information content (AvgIpc) is 3.19. The van der Waals surface area contributed by atoms with Crippen molar-refractivity contribution in [1.29, 1.82) is 0 Å². The number of nitrogens with zero attached hydrogens (tertiary/aromatic N) is 2. The van der Waals surface area contributed by atoms with E-state index in [4.69, 9.17) is 4.42 Å². The van der Waals surface area contributed by atoms with Crippen LogP contribution in [0, 0.1) is 0 Å². The number of furan rings is 1. The fourth-order valence-electron chi connectivity index (χ4n) is 2.65. The number of anilines is 2. The molecule has 0 radical (unpaired) electrons. The number of fused-ring (bicyclic) bond motifs is 1. The second kappa shape index (κ2) is 7.05. The first kappa shape index (κ1) is 15.2. The van der Waals surface area contributed by atoms with Crippen molar-refractivity contribution in [2.45, 2.75) is 13.1 Å². The molecule has 4 aromatic rings. The van der Waals surface area contributed by atoms with Gasteiger partial charge in [0.15, 0.2) is 0 Å². The Morgan fingerprint density at radius 1 is 0.760 bits per heavy atom. The first-order valence-electron chi connectivity index (χ1n) is 8.19. The molecule has 0 unspecified atom stereocenters. The van der Waals surface area contributed by atoms with Gasteiger partial charge in [0.05, 0.1) is 18.3 Å². The normalized spacial score (nSPS) is 10.7. The summed E-state index contributed by atoms with van der Waals surface area (Å²) in [5.41, 5.74) is 2.10. The predicted octanol–water partition coefficient (Wildman–Crippen LogP) is 4.45. The predicted molar refractivity (Wildman–Crippen MR) is 99.3 cm³/mol. The smallest absolute Gasteiger partial charge is 0.225 e. The maximum Gasteiger partial charge on any atom is 0.225 e. The van der Waals surface area contributed by atoms with E-state index in [1.54, 1.807) is 6.26 Å². The van der Waals surface area contributed by atoms with Gasteiger partial charge in [-0.2, -0.15) is 4.98 Å². The molecule has 0 amide bonds. The van der Waals surface area contributed by atoms with Gasteiger partial charge in [-0.05, 0) is 29.8 Å². The number of hydrogen-bond acceptors (Lipinski definition) is 5. The van der Waals surface area contributed by atoms with Gasteiger partial charge in [-0.25, -0.2) is 4.98 Å². The number of para-hydroxylation sites is 1. The molecule has 5 heteroatoms. The molecule has 2 N–H and O–H groups in total. The monoisotopic (exact) mass is 330 g/mol. The van der Waals surface area contributed by atoms with Crippen molar-refractivity contribution in [3.8, 4) is 0 Å². The minimum absolute atomic E-state index is 0.545. The molecule has 124 valence electrons. The van der Waals surface area contributed by atoms with E-state index in [1.165, 1.54) is 5.56 Å². The lowest BCUT2D eigenvalue weighted by atomic mass is 10.2. The highest BCUT2D eigenvalue weighted by atomic mass is 16.3. The Kier molecular flexibility index (Phi) is 4.29. The SMILES string of the molecule is c1ccc(CNc2nc(NCc3ccco3)nc3ccccc23)cc1. The van der Waals surface area contributed by atoms with Gasteiger partial charge in [0.1, 0.15) is 11.6 Å². The standard InChI is InChI=1S/C20H18N4O/c1-2-7-15(8-3-1)13-21-19-17-10-4-5-11-18(17)23-20(24-19)22-14-16-9-6-12-25-16/h1-12H,13-14H2,(H2,21,22,23,24). The van der Waals surface area contributed by atoms with E-state index >= 15 is 0 Å². The summed E-state index contributed by atoms with van der Waals surface area (Å²) in [6.45, 7) is 1.25. The molecule has 2 aromatic heterocycles. The Bertz CT molecular complexity index is 952. The van der Waals surface area contributed by atoms with Crippen LogP contribution >= 0.6 is 0 Å². The number of benzene rings is 2. The lowest BCUT2D eigenvalue weighted by molar-refractivity contribution is 0.517. The lowest BCUT2D eigenvalue weighted by Gasteiger charge is -2.11. The molecule has 0 aliphatic carbocycles. The van der Waals surface area contributed by atoms with E-state index in [9.17, 15) is 0 Å². The van der Waals surface area contributed by atoms with Gasteiger partial charge < -0.3 is 15.1 Å². The first-order chi connectivity index (χ1) is 12.4. The summed E-state index contributed by atoms with van der Waals surface area (Å²) in [6.07, 6.45) is 1.66. The summed E-state index contributed by atoms with van der Waals surface area (Å²) in [4.78, 5) is 9.23. The summed E-state index contributed by atoms with van der Waals surface area (Å²) >= 11 is 0. The van der Waals surface area contributed by atoms with Crippen LogP contribution in [0.2, 0.25) is 0 Å². The fraction of sp³-hybridized carbons (Fsp3) is 0.100. The summed E-state index contributed by atoms with van der Waals surface area (Å²) in [5.74, 6) is 2.23. The van der Waals surface area contributed by atoms with Crippen LogP contribution in [-0.4, -0.2) is 9.97 Å². The summed E-state index contributed by atoms with van der Waals surface area (Å²) < 4.78 is 5.34. The van der Waals surface area contributed by atoms with Gasteiger partial charge in [0.2, 0.25) is 5.95 Å². The molecule has 2 heterocycles. The second-order valence-corrected chi connectivity index (χ2v) is 5.69. The molecule has 0 saturated carbocycles. The van der Waals surface area contributed by atoms with Crippen molar-refractivity contribution < 1.29 is 4.42 Å². The van der Waals surface area contributed by atoms with E-state index < -0.39 is 0 Å². The van der Waals surface area contributed by atoms with E-state index in [0.29, 0.717) is 19.0 Å². The third-order valence-corrected chi connectivity index (χ3v) is 3.91. The Morgan fingerprint density at radius 3 is 2.44 bits per heavy atom. The molecule has 2 aromatic carbocycles. The van der Waals surface area contributed by atoms with Gasteiger partial charge in [-0.15, -0.1) is 0 Å². The molecular weight excluding hydrogens is 312 g/mol. The van der Waals surface area contributed by atoms with E-state index in [-0.39, 0.29) is 0 Å². The molecule has 0 aliphatic heterocycles. The van der Waals surface area contributed by atoms with Gasteiger partial charge >= 0.3 is 0 Å². The minimum atomic E-state index is 0.545. The first-order valence-corrected chi connectivity index (χ1v) is 8.19. The molecule has 0 fully saturated rings. The Balaban J connectivity index is 1.59. The molecule has 0 spiro atoms. The van der Waals surface area contributed by atoms with Crippen molar-refractivity contribution in [3.63, 3.8) is 0 Å². The number of hydrogen-bond donors (Lipinski definition) is 2. The third-order valence-electron chi connectivity index (χ3n) is 3.91. The molecule has 25 heavy (non-hydrogen) atoms. The fourth-order valence-corrected chi connectivity index (χ4v) is 2.65. The molecule has 0 bridgehead atoms. The topological polar surface area (TPSA) is 63.0 Å². The van der Waals surface area contributed by atoms with Crippen LogP contribution < -0.4 is 10.6 Å². The highest BCUT2D eigenvalue weighted by molar-refractivity contribution is 5.90. The van der Waals surface area contributed by atoms with Gasteiger partial charge in [-0.1, -0.05) is 42.5 Å². The number of nitrogens with one attached hydrogen (secondary N) is 2. The van der Waals surface area contributed by atoms with Gasteiger partial charge in [0, 0.05) is 11.9 Å². The lowest BCUT2D eigenvalue weighted by Crippen LogP contribution is -2.07. The van der Waals surface area contributed by atoms with Gasteiger partial charge in [0.25, 0.3) is 0 Å². The highest BCUT2D eigenvalue weighted by Crippen LogP contribution is 2.22. The van der Waals surface area contributed by atoms with E-state index in [1.807, 2.05) is 54.6 Å². The molecule has 0 atom stereocenters. The van der Waals surface area contributed by atoms with Crippen LogP contribution in [0.5, 0.6) is 0 Å². The maximum absolute atomic E-state index is 5.34. The maximum atomic E-state index is 5.34. The number of rotatable bonds is 6. The van der Waals surface area contributed by atoms with Crippen molar-refractivity contribution in [1.82, 2.24) is 9.97 Å². The van der Waals surface area contributed by atoms with Crippen LogP contribution in [0.4, 0.5) is 11.8 Å². The van der Waals surface area contributed by atoms with Crippen LogP contribution in [0.25, 0.3) is 10.9 Å². The van der Waals surface area contributed by atoms with Crippen molar-refractivity contribution >= 4 is 22.7 Å². The zero-order valence-electron chi connectivity index (χ0n) is 13.6. The highest BCUT2D eigenvalue weighted by Gasteiger charge is 2.08. The van der Waals surface area contributed by atoms with Crippen LogP contribution in [0.15, 0.2) is 77.4 Å². The summed E-state index contributed by atoms with van der Waals surface area (Å²) in [6, 6.07) is 22.0. The Hall–Kier alpha value is -3.34.